The highest BCUT2D eigenvalue weighted by Gasteiger charge is 2.16. The Kier molecular flexibility index (Phi) is 8.08. The number of rotatable bonds is 8. The molecular formula is C22H27BrN2O4. The van der Waals surface area contributed by atoms with Crippen LogP contribution < -0.4 is 20.1 Å². The van der Waals surface area contributed by atoms with Gasteiger partial charge in [-0.1, -0.05) is 24.6 Å². The van der Waals surface area contributed by atoms with Gasteiger partial charge >= 0.3 is 0 Å². The van der Waals surface area contributed by atoms with Gasteiger partial charge in [-0.25, -0.2) is 0 Å². The summed E-state index contributed by atoms with van der Waals surface area (Å²) in [6, 6.07) is 7.26. The van der Waals surface area contributed by atoms with Crippen LogP contribution in [0.3, 0.4) is 0 Å². The zero-order valence-corrected chi connectivity index (χ0v) is 19.0. The van der Waals surface area contributed by atoms with Gasteiger partial charge in [0.2, 0.25) is 5.91 Å². The van der Waals surface area contributed by atoms with Crippen molar-refractivity contribution in [2.75, 3.05) is 25.6 Å². The van der Waals surface area contributed by atoms with Crippen LogP contribution in [-0.4, -0.2) is 32.1 Å². The van der Waals surface area contributed by atoms with E-state index >= 15 is 0 Å². The van der Waals surface area contributed by atoms with Crippen molar-refractivity contribution in [1.29, 1.82) is 0 Å². The van der Waals surface area contributed by atoms with E-state index in [1.54, 1.807) is 12.1 Å². The van der Waals surface area contributed by atoms with E-state index in [2.05, 4.69) is 26.6 Å². The van der Waals surface area contributed by atoms with Gasteiger partial charge in [0.1, 0.15) is 0 Å². The highest BCUT2D eigenvalue weighted by molar-refractivity contribution is 9.10. The summed E-state index contributed by atoms with van der Waals surface area (Å²) in [5, 5.41) is 5.51. The second kappa shape index (κ2) is 10.3. The largest absolute Gasteiger partial charge is 0.493 e. The van der Waals surface area contributed by atoms with Gasteiger partial charge in [0.25, 0.3) is 5.91 Å². The molecule has 29 heavy (non-hydrogen) atoms. The van der Waals surface area contributed by atoms with Crippen LogP contribution in [0.25, 0.3) is 0 Å². The first-order valence-corrected chi connectivity index (χ1v) is 10.2. The molecule has 0 radical (unpaired) electrons. The molecule has 0 atom stereocenters. The minimum atomic E-state index is -0.376. The maximum absolute atomic E-state index is 12.5. The smallest absolute Gasteiger partial charge is 0.251 e. The summed E-state index contributed by atoms with van der Waals surface area (Å²) >= 11 is 3.42. The maximum atomic E-state index is 12.5. The Hall–Kier alpha value is -2.54. The van der Waals surface area contributed by atoms with Gasteiger partial charge < -0.3 is 20.1 Å². The van der Waals surface area contributed by atoms with Crippen molar-refractivity contribution in [1.82, 2.24) is 5.32 Å². The third kappa shape index (κ3) is 5.97. The average Bonchev–Trinajstić information content (AvgIpc) is 2.67. The molecule has 0 aliphatic heterocycles. The number of nitrogens with one attached hydrogen (secondary N) is 2. The average molecular weight is 463 g/mol. The van der Waals surface area contributed by atoms with Crippen LogP contribution in [0.4, 0.5) is 5.69 Å². The number of methoxy groups -OCH3 is 1. The van der Waals surface area contributed by atoms with Crippen molar-refractivity contribution in [2.24, 2.45) is 0 Å². The van der Waals surface area contributed by atoms with Crippen molar-refractivity contribution in [3.05, 3.63) is 51.0 Å². The van der Waals surface area contributed by atoms with Gasteiger partial charge in [-0.05, 0) is 66.4 Å². The van der Waals surface area contributed by atoms with Crippen LogP contribution >= 0.6 is 15.9 Å². The molecule has 0 aliphatic rings. The van der Waals surface area contributed by atoms with E-state index in [-0.39, 0.29) is 18.4 Å². The lowest BCUT2D eigenvalue weighted by Crippen LogP contribution is -2.33. The zero-order chi connectivity index (χ0) is 21.6. The first-order chi connectivity index (χ1) is 13.8. The summed E-state index contributed by atoms with van der Waals surface area (Å²) in [7, 11) is 1.52. The molecule has 2 N–H and O–H groups in total. The van der Waals surface area contributed by atoms with E-state index in [1.807, 2.05) is 39.8 Å². The molecule has 0 saturated carbocycles. The standard InChI is InChI=1S/C22H27BrN2O4/c1-6-7-29-21-17(23)10-16(11-18(21)28-5)22(27)24-12-19(26)25-20-14(3)8-13(2)9-15(20)4/h8-11H,6-7,12H2,1-5H3,(H,24,27)(H,25,26). The monoisotopic (exact) mass is 462 g/mol. The molecule has 0 spiro atoms. The lowest BCUT2D eigenvalue weighted by Gasteiger charge is -2.15. The predicted octanol–water partition coefficient (Wildman–Crippen LogP) is 4.54. The third-order valence-electron chi connectivity index (χ3n) is 4.29. The van der Waals surface area contributed by atoms with Crippen LogP contribution in [0.2, 0.25) is 0 Å². The van der Waals surface area contributed by atoms with Gasteiger partial charge in [0.15, 0.2) is 11.5 Å². The topological polar surface area (TPSA) is 76.7 Å². The quantitative estimate of drug-likeness (QED) is 0.603. The Balaban J connectivity index is 2.05. The van der Waals surface area contributed by atoms with Gasteiger partial charge in [-0.15, -0.1) is 0 Å². The lowest BCUT2D eigenvalue weighted by molar-refractivity contribution is -0.115. The Morgan fingerprint density at radius 3 is 2.31 bits per heavy atom. The summed E-state index contributed by atoms with van der Waals surface area (Å²) in [4.78, 5) is 24.8. The molecule has 0 heterocycles. The summed E-state index contributed by atoms with van der Waals surface area (Å²) in [6.45, 7) is 8.31. The molecule has 2 amide bonds. The van der Waals surface area contributed by atoms with E-state index in [0.717, 1.165) is 28.8 Å². The van der Waals surface area contributed by atoms with Crippen LogP contribution in [0.1, 0.15) is 40.4 Å². The second-order valence-electron chi connectivity index (χ2n) is 6.84. The predicted molar refractivity (Wildman–Crippen MR) is 118 cm³/mol. The fourth-order valence-electron chi connectivity index (χ4n) is 3.02. The number of benzene rings is 2. The first-order valence-electron chi connectivity index (χ1n) is 9.43. The molecule has 2 rings (SSSR count). The van der Waals surface area contributed by atoms with Gasteiger partial charge in [0.05, 0.1) is 24.7 Å². The molecule has 7 heteroatoms. The highest BCUT2D eigenvalue weighted by atomic mass is 79.9. The number of anilines is 1. The third-order valence-corrected chi connectivity index (χ3v) is 4.88. The Morgan fingerprint density at radius 1 is 1.07 bits per heavy atom. The van der Waals surface area contributed by atoms with Crippen LogP contribution in [-0.2, 0) is 4.79 Å². The summed E-state index contributed by atoms with van der Waals surface area (Å²) in [6.07, 6.45) is 0.854. The number of amides is 2. The number of carbonyl (C=O) groups is 2. The van der Waals surface area contributed by atoms with Gasteiger partial charge in [0, 0.05) is 11.3 Å². The molecule has 0 aliphatic carbocycles. The highest BCUT2D eigenvalue weighted by Crippen LogP contribution is 2.36. The lowest BCUT2D eigenvalue weighted by atomic mass is 10.1. The minimum absolute atomic E-state index is 0.139. The van der Waals surface area contributed by atoms with Crippen LogP contribution in [0, 0.1) is 20.8 Å². The summed E-state index contributed by atoms with van der Waals surface area (Å²) in [5.74, 6) is 0.336. The van der Waals surface area contributed by atoms with Crippen LogP contribution in [0.5, 0.6) is 11.5 Å². The van der Waals surface area contributed by atoms with Crippen molar-refractivity contribution >= 4 is 33.4 Å². The van der Waals surface area contributed by atoms with E-state index in [1.165, 1.54) is 7.11 Å². The number of hydrogen-bond donors (Lipinski definition) is 2. The van der Waals surface area contributed by atoms with Crippen molar-refractivity contribution in [3.8, 4) is 11.5 Å². The van der Waals surface area contributed by atoms with E-state index < -0.39 is 0 Å². The molecule has 2 aromatic carbocycles. The summed E-state index contributed by atoms with van der Waals surface area (Å²) < 4.78 is 11.6. The fourth-order valence-corrected chi connectivity index (χ4v) is 3.58. The molecule has 0 unspecified atom stereocenters. The molecular weight excluding hydrogens is 436 g/mol. The SMILES string of the molecule is CCCOc1c(Br)cc(C(=O)NCC(=O)Nc2c(C)cc(C)cc2C)cc1OC. The molecule has 2 aromatic rings. The van der Waals surface area contributed by atoms with Crippen LogP contribution in [0.15, 0.2) is 28.7 Å². The number of halogens is 1. The molecule has 0 bridgehead atoms. The molecule has 0 fully saturated rings. The van der Waals surface area contributed by atoms with E-state index in [0.29, 0.717) is 28.1 Å². The fraction of sp³-hybridized carbons (Fsp3) is 0.364. The van der Waals surface area contributed by atoms with Crippen molar-refractivity contribution < 1.29 is 19.1 Å². The molecule has 156 valence electrons. The molecule has 0 aromatic heterocycles. The minimum Gasteiger partial charge on any atom is -0.493 e. The number of ether oxygens (including phenoxy) is 2. The van der Waals surface area contributed by atoms with Gasteiger partial charge in [-0.2, -0.15) is 0 Å². The second-order valence-corrected chi connectivity index (χ2v) is 7.70. The molecule has 0 saturated heterocycles. The number of carbonyl (C=O) groups excluding carboxylic acids is 2. The first kappa shape index (κ1) is 22.7. The molecule has 6 nitrogen and oxygen atoms in total. The Bertz CT molecular complexity index is 889. The Morgan fingerprint density at radius 2 is 1.72 bits per heavy atom. The maximum Gasteiger partial charge on any atom is 0.251 e. The van der Waals surface area contributed by atoms with E-state index in [9.17, 15) is 9.59 Å². The number of aryl methyl sites for hydroxylation is 3. The normalized spacial score (nSPS) is 10.4. The van der Waals surface area contributed by atoms with Crippen molar-refractivity contribution in [3.63, 3.8) is 0 Å². The Labute approximate surface area is 180 Å². The van der Waals surface area contributed by atoms with E-state index in [4.69, 9.17) is 9.47 Å². The zero-order valence-electron chi connectivity index (χ0n) is 17.4. The summed E-state index contributed by atoms with van der Waals surface area (Å²) in [5.41, 5.74) is 4.25. The van der Waals surface area contributed by atoms with Crippen molar-refractivity contribution in [2.45, 2.75) is 34.1 Å². The van der Waals surface area contributed by atoms with Gasteiger partial charge in [-0.3, -0.25) is 9.59 Å². The number of hydrogen-bond acceptors (Lipinski definition) is 4.